The average Bonchev–Trinajstić information content (AvgIpc) is 2.61. The number of aryl methyl sites for hydroxylation is 1. The van der Waals surface area contributed by atoms with Crippen molar-refractivity contribution in [1.82, 2.24) is 15.5 Å². The zero-order chi connectivity index (χ0) is 24.0. The average molecular weight is 434 g/mol. The molecule has 174 valence electrons. The summed E-state index contributed by atoms with van der Waals surface area (Å²) in [7, 11) is 0. The minimum Gasteiger partial charge on any atom is -0.444 e. The van der Waals surface area contributed by atoms with Gasteiger partial charge in [-0.15, -0.1) is 0 Å². The molecule has 1 aromatic rings. The van der Waals surface area contributed by atoms with Crippen LogP contribution in [-0.4, -0.2) is 46.5 Å². The number of nitrogens with one attached hydrogen (secondary N) is 2. The third-order valence-electron chi connectivity index (χ3n) is 4.64. The van der Waals surface area contributed by atoms with E-state index in [1.54, 1.807) is 25.7 Å². The van der Waals surface area contributed by atoms with Gasteiger partial charge >= 0.3 is 6.09 Å². The minimum atomic E-state index is -0.816. The van der Waals surface area contributed by atoms with E-state index in [-0.39, 0.29) is 24.4 Å². The molecule has 3 amide bonds. The first-order valence-electron chi connectivity index (χ1n) is 10.8. The number of carbonyl (C=O) groups is 3. The van der Waals surface area contributed by atoms with E-state index >= 15 is 0 Å². The predicted octanol–water partition coefficient (Wildman–Crippen LogP) is 4.10. The highest BCUT2D eigenvalue weighted by atomic mass is 16.6. The first-order chi connectivity index (χ1) is 14.2. The van der Waals surface area contributed by atoms with Gasteiger partial charge in [0.05, 0.1) is 0 Å². The molecule has 0 aliphatic heterocycles. The maximum Gasteiger partial charge on any atom is 0.408 e. The van der Waals surface area contributed by atoms with E-state index in [4.69, 9.17) is 4.74 Å². The number of amides is 3. The Hall–Kier alpha value is -2.57. The highest BCUT2D eigenvalue weighted by molar-refractivity contribution is 5.91. The molecule has 0 bridgehead atoms. The first kappa shape index (κ1) is 26.5. The highest BCUT2D eigenvalue weighted by Crippen LogP contribution is 2.28. The van der Waals surface area contributed by atoms with Crippen molar-refractivity contribution >= 4 is 17.9 Å². The van der Waals surface area contributed by atoms with Crippen molar-refractivity contribution in [2.75, 3.05) is 6.54 Å². The lowest BCUT2D eigenvalue weighted by atomic mass is 9.96. The predicted molar refractivity (Wildman–Crippen MR) is 123 cm³/mol. The number of alkyl carbamates (subject to hydrolysis) is 1. The highest BCUT2D eigenvalue weighted by Gasteiger charge is 2.36. The molecule has 0 heterocycles. The molecule has 0 saturated heterocycles. The molecule has 0 aliphatic rings. The van der Waals surface area contributed by atoms with Crippen LogP contribution in [0.15, 0.2) is 24.3 Å². The third-order valence-corrected chi connectivity index (χ3v) is 4.64. The Morgan fingerprint density at radius 3 is 2.13 bits per heavy atom. The zero-order valence-electron chi connectivity index (χ0n) is 20.5. The summed E-state index contributed by atoms with van der Waals surface area (Å²) in [5, 5.41) is 5.53. The van der Waals surface area contributed by atoms with E-state index in [0.717, 1.165) is 11.1 Å². The second-order valence-corrected chi connectivity index (χ2v) is 9.91. The van der Waals surface area contributed by atoms with Crippen molar-refractivity contribution in [3.8, 4) is 0 Å². The molecule has 1 aromatic carbocycles. The Bertz CT molecular complexity index is 778. The van der Waals surface area contributed by atoms with E-state index in [9.17, 15) is 14.4 Å². The maximum absolute atomic E-state index is 13.4. The lowest BCUT2D eigenvalue weighted by Gasteiger charge is -2.38. The number of hydrogen-bond donors (Lipinski definition) is 2. The number of carbonyl (C=O) groups excluding carboxylic acids is 3. The Kier molecular flexibility index (Phi) is 9.09. The quantitative estimate of drug-likeness (QED) is 0.678. The van der Waals surface area contributed by atoms with Gasteiger partial charge in [0, 0.05) is 11.6 Å². The SMILES string of the molecule is CCC(C)N(C(=O)CNC(=O)OC(C)(C)C)C(C(=O)NC(C)(C)C)c1ccccc1C. The largest absolute Gasteiger partial charge is 0.444 e. The molecule has 0 aliphatic carbocycles. The molecule has 1 rings (SSSR count). The first-order valence-corrected chi connectivity index (χ1v) is 10.8. The summed E-state index contributed by atoms with van der Waals surface area (Å²) >= 11 is 0. The van der Waals surface area contributed by atoms with Crippen molar-refractivity contribution in [3.05, 3.63) is 35.4 Å². The molecule has 0 saturated carbocycles. The number of benzene rings is 1. The van der Waals surface area contributed by atoms with Crippen LogP contribution in [0.4, 0.5) is 4.79 Å². The number of ether oxygens (including phenoxy) is 1. The third kappa shape index (κ3) is 8.59. The fourth-order valence-electron chi connectivity index (χ4n) is 3.14. The van der Waals surface area contributed by atoms with E-state index in [0.29, 0.717) is 6.42 Å². The van der Waals surface area contributed by atoms with Gasteiger partial charge in [-0.3, -0.25) is 9.59 Å². The Labute approximate surface area is 186 Å². The number of rotatable bonds is 7. The molecule has 7 nitrogen and oxygen atoms in total. The summed E-state index contributed by atoms with van der Waals surface area (Å²) in [6.07, 6.45) is -0.0138. The zero-order valence-corrected chi connectivity index (χ0v) is 20.5. The van der Waals surface area contributed by atoms with Gasteiger partial charge in [-0.05, 0) is 72.9 Å². The van der Waals surface area contributed by atoms with E-state index in [1.807, 2.05) is 65.8 Å². The van der Waals surface area contributed by atoms with Crippen molar-refractivity contribution < 1.29 is 19.1 Å². The van der Waals surface area contributed by atoms with Crippen LogP contribution in [0.5, 0.6) is 0 Å². The van der Waals surface area contributed by atoms with Crippen LogP contribution in [0, 0.1) is 6.92 Å². The van der Waals surface area contributed by atoms with Gasteiger partial charge in [0.2, 0.25) is 11.8 Å². The summed E-state index contributed by atoms with van der Waals surface area (Å²) in [5.41, 5.74) is 0.546. The van der Waals surface area contributed by atoms with Crippen LogP contribution in [-0.2, 0) is 14.3 Å². The van der Waals surface area contributed by atoms with E-state index < -0.39 is 23.3 Å². The van der Waals surface area contributed by atoms with Crippen LogP contribution < -0.4 is 10.6 Å². The van der Waals surface area contributed by atoms with Crippen LogP contribution >= 0.6 is 0 Å². The van der Waals surface area contributed by atoms with Crippen LogP contribution in [0.3, 0.4) is 0 Å². The van der Waals surface area contributed by atoms with E-state index in [2.05, 4.69) is 10.6 Å². The van der Waals surface area contributed by atoms with Crippen molar-refractivity contribution in [3.63, 3.8) is 0 Å². The summed E-state index contributed by atoms with van der Waals surface area (Å²) in [5.74, 6) is -0.606. The van der Waals surface area contributed by atoms with Gasteiger partial charge < -0.3 is 20.3 Å². The Morgan fingerprint density at radius 1 is 1.06 bits per heavy atom. The molecular weight excluding hydrogens is 394 g/mol. The molecular formula is C24H39N3O4. The van der Waals surface area contributed by atoms with Gasteiger partial charge in [0.1, 0.15) is 18.2 Å². The van der Waals surface area contributed by atoms with Gasteiger partial charge in [0.25, 0.3) is 0 Å². The standard InChI is InChI=1S/C24H39N3O4/c1-10-17(3)27(19(28)15-25-22(30)31-24(7,8)9)20(21(29)26-23(4,5)6)18-14-12-11-13-16(18)2/h11-14,17,20H,10,15H2,1-9H3,(H,25,30)(H,26,29). The normalized spacial score (nSPS) is 13.7. The molecule has 7 heteroatoms. The van der Waals surface area contributed by atoms with Gasteiger partial charge in [-0.25, -0.2) is 4.79 Å². The molecule has 31 heavy (non-hydrogen) atoms. The van der Waals surface area contributed by atoms with E-state index in [1.165, 1.54) is 0 Å². The summed E-state index contributed by atoms with van der Waals surface area (Å²) in [6, 6.07) is 6.51. The minimum absolute atomic E-state index is 0.219. The van der Waals surface area contributed by atoms with Crippen molar-refractivity contribution in [2.45, 2.75) is 92.0 Å². The Balaban J connectivity index is 3.29. The molecule has 0 fully saturated rings. The maximum atomic E-state index is 13.4. The lowest BCUT2D eigenvalue weighted by molar-refractivity contribution is -0.143. The van der Waals surface area contributed by atoms with Crippen LogP contribution in [0.1, 0.15) is 79.0 Å². The van der Waals surface area contributed by atoms with Gasteiger partial charge in [-0.1, -0.05) is 31.2 Å². The second-order valence-electron chi connectivity index (χ2n) is 9.91. The lowest BCUT2D eigenvalue weighted by Crippen LogP contribution is -2.53. The van der Waals surface area contributed by atoms with Crippen molar-refractivity contribution in [2.24, 2.45) is 0 Å². The van der Waals surface area contributed by atoms with Gasteiger partial charge in [0.15, 0.2) is 0 Å². The van der Waals surface area contributed by atoms with Crippen LogP contribution in [0.25, 0.3) is 0 Å². The molecule has 2 unspecified atom stereocenters. The molecule has 2 atom stereocenters. The molecule has 0 aromatic heterocycles. The number of hydrogen-bond acceptors (Lipinski definition) is 4. The monoisotopic (exact) mass is 433 g/mol. The molecule has 0 spiro atoms. The topological polar surface area (TPSA) is 87.7 Å². The molecule has 0 radical (unpaired) electrons. The number of nitrogens with zero attached hydrogens (tertiary/aromatic N) is 1. The smallest absolute Gasteiger partial charge is 0.408 e. The molecule has 2 N–H and O–H groups in total. The van der Waals surface area contributed by atoms with Crippen molar-refractivity contribution in [1.29, 1.82) is 0 Å². The summed E-state index contributed by atoms with van der Waals surface area (Å²) in [6.45, 7) is 16.5. The van der Waals surface area contributed by atoms with Crippen LogP contribution in [0.2, 0.25) is 0 Å². The second kappa shape index (κ2) is 10.6. The fourth-order valence-corrected chi connectivity index (χ4v) is 3.14. The summed E-state index contributed by atoms with van der Waals surface area (Å²) in [4.78, 5) is 40.3. The Morgan fingerprint density at radius 2 is 1.65 bits per heavy atom. The van der Waals surface area contributed by atoms with Gasteiger partial charge in [-0.2, -0.15) is 0 Å². The summed E-state index contributed by atoms with van der Waals surface area (Å²) < 4.78 is 5.23. The fraction of sp³-hybridized carbons (Fsp3) is 0.625.